The van der Waals surface area contributed by atoms with Gasteiger partial charge < -0.3 is 10.4 Å². The first-order chi connectivity index (χ1) is 11.4. The summed E-state index contributed by atoms with van der Waals surface area (Å²) in [5.74, 6) is 0. The Hall–Kier alpha value is -1.73. The molecule has 1 aliphatic carbocycles. The predicted octanol–water partition coefficient (Wildman–Crippen LogP) is 3.49. The summed E-state index contributed by atoms with van der Waals surface area (Å²) in [6, 6.07) is 3.57. The van der Waals surface area contributed by atoms with Crippen LogP contribution in [-0.2, 0) is 7.05 Å². The van der Waals surface area contributed by atoms with Gasteiger partial charge in [-0.25, -0.2) is 13.8 Å². The third-order valence-electron chi connectivity index (χ3n) is 4.48. The summed E-state index contributed by atoms with van der Waals surface area (Å²) in [5, 5.41) is 17.9. The second-order valence-electron chi connectivity index (χ2n) is 6.25. The van der Waals surface area contributed by atoms with Gasteiger partial charge in [-0.3, -0.25) is 4.68 Å². The van der Waals surface area contributed by atoms with Crippen LogP contribution in [0.5, 0.6) is 0 Å². The zero-order valence-electron chi connectivity index (χ0n) is 13.2. The van der Waals surface area contributed by atoms with E-state index in [-0.39, 0.29) is 18.9 Å². The first kappa shape index (κ1) is 17.1. The Kier molecular flexibility index (Phi) is 4.73. The lowest BCUT2D eigenvalue weighted by Gasteiger charge is -2.36. The van der Waals surface area contributed by atoms with E-state index < -0.39 is 12.0 Å². The van der Waals surface area contributed by atoms with E-state index in [9.17, 15) is 13.9 Å². The monoisotopic (exact) mass is 356 g/mol. The summed E-state index contributed by atoms with van der Waals surface area (Å²) >= 11 is 6.00. The molecular formula is C16H19ClF2N4O. The number of hydrogen-bond acceptors (Lipinski definition) is 4. The van der Waals surface area contributed by atoms with E-state index in [1.54, 1.807) is 16.9 Å². The molecule has 2 N–H and O–H groups in total. The fourth-order valence-corrected chi connectivity index (χ4v) is 3.17. The Morgan fingerprint density at radius 2 is 2.12 bits per heavy atom. The molecule has 0 aromatic carbocycles. The van der Waals surface area contributed by atoms with Gasteiger partial charge in [0, 0.05) is 36.7 Å². The van der Waals surface area contributed by atoms with Crippen LogP contribution in [0.25, 0.3) is 11.3 Å². The summed E-state index contributed by atoms with van der Waals surface area (Å²) in [5.41, 5.74) is 0.456. The standard InChI is InChI=1S/C16H19ClF2N4O/c1-23-7-4-12(22-23)11-9-20-14(17)8-13(11)21-10-2-5-16(24,6-3-10)15(18)19/h4,7-10,15,24H,2-3,5-6H2,1H3,(H,20,21). The van der Waals surface area contributed by atoms with E-state index in [0.717, 1.165) is 16.9 Å². The van der Waals surface area contributed by atoms with Crippen LogP contribution >= 0.6 is 11.6 Å². The minimum Gasteiger partial charge on any atom is -0.384 e. The second-order valence-corrected chi connectivity index (χ2v) is 6.64. The van der Waals surface area contributed by atoms with Crippen LogP contribution in [-0.4, -0.2) is 37.9 Å². The molecule has 0 aliphatic heterocycles. The molecule has 2 heterocycles. The van der Waals surface area contributed by atoms with Crippen molar-refractivity contribution in [2.45, 2.75) is 43.8 Å². The molecular weight excluding hydrogens is 338 g/mol. The quantitative estimate of drug-likeness (QED) is 0.823. The van der Waals surface area contributed by atoms with Gasteiger partial charge in [-0.15, -0.1) is 0 Å². The summed E-state index contributed by atoms with van der Waals surface area (Å²) in [6.07, 6.45) is 1.82. The molecule has 0 atom stereocenters. The Bertz CT molecular complexity index is 714. The summed E-state index contributed by atoms with van der Waals surface area (Å²) in [4.78, 5) is 4.10. The van der Waals surface area contributed by atoms with Gasteiger partial charge in [0.25, 0.3) is 6.43 Å². The Morgan fingerprint density at radius 3 is 2.71 bits per heavy atom. The molecule has 3 rings (SSSR count). The SMILES string of the molecule is Cn1ccc(-c2cnc(Cl)cc2NC2CCC(O)(C(F)F)CC2)n1. The van der Waals surface area contributed by atoms with Crippen molar-refractivity contribution in [1.29, 1.82) is 0 Å². The molecule has 2 aromatic rings. The van der Waals surface area contributed by atoms with Gasteiger partial charge in [-0.05, 0) is 37.8 Å². The van der Waals surface area contributed by atoms with Crippen LogP contribution in [0.1, 0.15) is 25.7 Å². The molecule has 1 fully saturated rings. The molecule has 1 saturated carbocycles. The molecule has 130 valence electrons. The molecule has 0 spiro atoms. The summed E-state index contributed by atoms with van der Waals surface area (Å²) in [7, 11) is 1.83. The number of nitrogens with one attached hydrogen (secondary N) is 1. The number of hydrogen-bond donors (Lipinski definition) is 2. The molecule has 5 nitrogen and oxygen atoms in total. The van der Waals surface area contributed by atoms with Crippen molar-refractivity contribution in [3.8, 4) is 11.3 Å². The van der Waals surface area contributed by atoms with E-state index in [1.807, 2.05) is 19.3 Å². The number of alkyl halides is 2. The zero-order chi connectivity index (χ0) is 17.3. The topological polar surface area (TPSA) is 63.0 Å². The molecule has 2 aromatic heterocycles. The maximum absolute atomic E-state index is 12.9. The Morgan fingerprint density at radius 1 is 1.42 bits per heavy atom. The van der Waals surface area contributed by atoms with E-state index in [1.165, 1.54) is 0 Å². The normalized spacial score (nSPS) is 24.3. The highest BCUT2D eigenvalue weighted by molar-refractivity contribution is 6.29. The third kappa shape index (κ3) is 3.52. The van der Waals surface area contributed by atoms with Crippen molar-refractivity contribution in [3.63, 3.8) is 0 Å². The molecule has 8 heteroatoms. The average Bonchev–Trinajstić information content (AvgIpc) is 2.96. The maximum Gasteiger partial charge on any atom is 0.266 e. The van der Waals surface area contributed by atoms with Gasteiger partial charge in [0.2, 0.25) is 0 Å². The Labute approximate surface area is 143 Å². The van der Waals surface area contributed by atoms with E-state index in [4.69, 9.17) is 11.6 Å². The van der Waals surface area contributed by atoms with Crippen molar-refractivity contribution < 1.29 is 13.9 Å². The average molecular weight is 357 g/mol. The minimum atomic E-state index is -2.71. The van der Waals surface area contributed by atoms with Crippen molar-refractivity contribution in [3.05, 3.63) is 29.7 Å². The highest BCUT2D eigenvalue weighted by atomic mass is 35.5. The number of aryl methyl sites for hydroxylation is 1. The number of anilines is 1. The minimum absolute atomic E-state index is 0.00930. The van der Waals surface area contributed by atoms with Crippen molar-refractivity contribution in [2.75, 3.05) is 5.32 Å². The van der Waals surface area contributed by atoms with E-state index >= 15 is 0 Å². The van der Waals surface area contributed by atoms with Gasteiger partial charge in [0.15, 0.2) is 0 Å². The first-order valence-corrected chi connectivity index (χ1v) is 8.18. The zero-order valence-corrected chi connectivity index (χ0v) is 14.0. The van der Waals surface area contributed by atoms with Crippen LogP contribution in [0.15, 0.2) is 24.5 Å². The van der Waals surface area contributed by atoms with Crippen LogP contribution in [0, 0.1) is 0 Å². The number of rotatable bonds is 4. The number of nitrogens with zero attached hydrogens (tertiary/aromatic N) is 3. The molecule has 0 saturated heterocycles. The van der Waals surface area contributed by atoms with Gasteiger partial charge in [-0.2, -0.15) is 5.10 Å². The Balaban J connectivity index is 1.77. The highest BCUT2D eigenvalue weighted by Gasteiger charge is 2.41. The van der Waals surface area contributed by atoms with Gasteiger partial charge in [-0.1, -0.05) is 11.6 Å². The molecule has 0 unspecified atom stereocenters. The number of aromatic nitrogens is 3. The van der Waals surface area contributed by atoms with Crippen LogP contribution in [0.2, 0.25) is 5.15 Å². The largest absolute Gasteiger partial charge is 0.384 e. The maximum atomic E-state index is 12.9. The lowest BCUT2D eigenvalue weighted by atomic mass is 9.82. The van der Waals surface area contributed by atoms with Gasteiger partial charge in [0.1, 0.15) is 10.8 Å². The van der Waals surface area contributed by atoms with Crippen LogP contribution in [0.3, 0.4) is 0 Å². The summed E-state index contributed by atoms with van der Waals surface area (Å²) < 4.78 is 27.5. The van der Waals surface area contributed by atoms with Crippen LogP contribution < -0.4 is 5.32 Å². The molecule has 0 amide bonds. The third-order valence-corrected chi connectivity index (χ3v) is 4.68. The fourth-order valence-electron chi connectivity index (χ4n) is 3.01. The highest BCUT2D eigenvalue weighted by Crippen LogP contribution is 2.36. The van der Waals surface area contributed by atoms with Crippen LogP contribution in [0.4, 0.5) is 14.5 Å². The first-order valence-electron chi connectivity index (χ1n) is 7.80. The van der Waals surface area contributed by atoms with Gasteiger partial charge >= 0.3 is 0 Å². The number of aliphatic hydroxyl groups is 1. The molecule has 1 aliphatic rings. The lowest BCUT2D eigenvalue weighted by Crippen LogP contribution is -2.43. The summed E-state index contributed by atoms with van der Waals surface area (Å²) in [6.45, 7) is 0. The second kappa shape index (κ2) is 6.64. The van der Waals surface area contributed by atoms with E-state index in [2.05, 4.69) is 15.4 Å². The van der Waals surface area contributed by atoms with Gasteiger partial charge in [0.05, 0.1) is 5.69 Å². The molecule has 0 bridgehead atoms. The fraction of sp³-hybridized carbons (Fsp3) is 0.500. The molecule has 0 radical (unpaired) electrons. The van der Waals surface area contributed by atoms with E-state index in [0.29, 0.717) is 18.0 Å². The lowest BCUT2D eigenvalue weighted by molar-refractivity contribution is -0.117. The predicted molar refractivity (Wildman–Crippen MR) is 88.3 cm³/mol. The number of pyridine rings is 1. The molecule has 24 heavy (non-hydrogen) atoms. The smallest absolute Gasteiger partial charge is 0.266 e. The van der Waals surface area contributed by atoms with Crippen molar-refractivity contribution in [2.24, 2.45) is 7.05 Å². The number of halogens is 3. The van der Waals surface area contributed by atoms with Crippen molar-refractivity contribution >= 4 is 17.3 Å². The van der Waals surface area contributed by atoms with Crippen molar-refractivity contribution in [1.82, 2.24) is 14.8 Å².